The molecule has 0 saturated carbocycles. The molecule has 0 unspecified atom stereocenters. The van der Waals surface area contributed by atoms with Crippen LogP contribution < -0.4 is 10.2 Å². The molecule has 3 rings (SSSR count). The van der Waals surface area contributed by atoms with Crippen molar-refractivity contribution in [1.82, 2.24) is 4.98 Å². The number of nitrogens with zero attached hydrogens (tertiary/aromatic N) is 3. The van der Waals surface area contributed by atoms with Gasteiger partial charge in [0.05, 0.1) is 16.9 Å². The third kappa shape index (κ3) is 1.96. The minimum absolute atomic E-state index is 0.110. The lowest BCUT2D eigenvalue weighted by Crippen LogP contribution is -2.35. The topological polar surface area (TPSA) is 69.0 Å². The number of hydrogen-bond acceptors (Lipinski definition) is 4. The van der Waals surface area contributed by atoms with Gasteiger partial charge < -0.3 is 10.2 Å². The van der Waals surface area contributed by atoms with Crippen LogP contribution in [0, 0.1) is 11.3 Å². The number of para-hydroxylation sites is 2. The summed E-state index contributed by atoms with van der Waals surface area (Å²) in [6.07, 6.45) is 1.51. The number of fused-ring (bicyclic) bond motifs is 1. The second-order valence-corrected chi connectivity index (χ2v) is 4.64. The number of carbonyl (C=O) groups excluding carboxylic acids is 1. The molecule has 1 aromatic carbocycles. The van der Waals surface area contributed by atoms with E-state index in [4.69, 9.17) is 16.9 Å². The number of nitrogens with one attached hydrogen (secondary N) is 1. The fraction of sp³-hybridized carbons (Fsp3) is 0.0714. The Morgan fingerprint density at radius 1 is 1.35 bits per heavy atom. The lowest BCUT2D eigenvalue weighted by molar-refractivity contribution is -0.115. The first-order chi connectivity index (χ1) is 9.70. The van der Waals surface area contributed by atoms with Gasteiger partial charge in [-0.2, -0.15) is 5.26 Å². The molecule has 1 aliphatic rings. The zero-order chi connectivity index (χ0) is 14.1. The second-order valence-electron chi connectivity index (χ2n) is 4.26. The van der Waals surface area contributed by atoms with Gasteiger partial charge in [0.2, 0.25) is 5.91 Å². The first-order valence-electron chi connectivity index (χ1n) is 5.91. The fourth-order valence-corrected chi connectivity index (χ4v) is 2.39. The lowest BCUT2D eigenvalue weighted by atomic mass is 10.2. The molecule has 1 aliphatic heterocycles. The highest BCUT2D eigenvalue weighted by molar-refractivity contribution is 6.34. The van der Waals surface area contributed by atoms with Crippen molar-refractivity contribution in [2.45, 2.75) is 0 Å². The average molecular weight is 285 g/mol. The Morgan fingerprint density at radius 3 is 2.95 bits per heavy atom. The molecule has 1 aromatic heterocycles. The summed E-state index contributed by atoms with van der Waals surface area (Å²) >= 11 is 6.20. The van der Waals surface area contributed by atoms with Crippen LogP contribution >= 0.6 is 11.6 Å². The molecule has 98 valence electrons. The highest BCUT2D eigenvalue weighted by atomic mass is 35.5. The van der Waals surface area contributed by atoms with E-state index in [2.05, 4.69) is 10.3 Å². The van der Waals surface area contributed by atoms with Gasteiger partial charge in [0.1, 0.15) is 17.6 Å². The number of rotatable bonds is 1. The average Bonchev–Trinajstić information content (AvgIpc) is 2.46. The van der Waals surface area contributed by atoms with Crippen molar-refractivity contribution in [3.8, 4) is 6.07 Å². The van der Waals surface area contributed by atoms with Crippen molar-refractivity contribution < 1.29 is 4.79 Å². The van der Waals surface area contributed by atoms with Gasteiger partial charge in [-0.05, 0) is 18.2 Å². The van der Waals surface area contributed by atoms with Crippen LogP contribution in [0.25, 0.3) is 0 Å². The number of nitriles is 1. The van der Waals surface area contributed by atoms with Crippen molar-refractivity contribution in [3.05, 3.63) is 47.1 Å². The van der Waals surface area contributed by atoms with E-state index < -0.39 is 0 Å². The molecule has 0 spiro atoms. The van der Waals surface area contributed by atoms with Crippen LogP contribution in [0.15, 0.2) is 36.5 Å². The Morgan fingerprint density at radius 2 is 2.15 bits per heavy atom. The van der Waals surface area contributed by atoms with Crippen molar-refractivity contribution in [3.63, 3.8) is 0 Å². The molecule has 0 atom stereocenters. The largest absolute Gasteiger partial charge is 0.323 e. The molecule has 2 aromatic rings. The molecule has 2 heterocycles. The Hall–Kier alpha value is -2.58. The van der Waals surface area contributed by atoms with E-state index in [1.807, 2.05) is 24.3 Å². The number of hydrogen-bond donors (Lipinski definition) is 1. The molecule has 20 heavy (non-hydrogen) atoms. The summed E-state index contributed by atoms with van der Waals surface area (Å²) in [5, 5.41) is 12.1. The van der Waals surface area contributed by atoms with Gasteiger partial charge in [0.15, 0.2) is 5.82 Å². The Labute approximate surface area is 120 Å². The summed E-state index contributed by atoms with van der Waals surface area (Å²) < 4.78 is 0. The van der Waals surface area contributed by atoms with E-state index in [1.54, 1.807) is 17.0 Å². The number of carbonyl (C=O) groups is 1. The predicted octanol–water partition coefficient (Wildman–Crippen LogP) is 2.70. The van der Waals surface area contributed by atoms with Crippen molar-refractivity contribution >= 4 is 34.7 Å². The molecule has 0 bridgehead atoms. The molecule has 1 amide bonds. The van der Waals surface area contributed by atoms with E-state index in [-0.39, 0.29) is 17.5 Å². The molecule has 5 nitrogen and oxygen atoms in total. The molecular formula is C14H9ClN4O. The highest BCUT2D eigenvalue weighted by Gasteiger charge is 2.25. The normalized spacial score (nSPS) is 13.4. The van der Waals surface area contributed by atoms with Crippen LogP contribution in [0.3, 0.4) is 0 Å². The van der Waals surface area contributed by atoms with Gasteiger partial charge >= 0.3 is 0 Å². The first-order valence-corrected chi connectivity index (χ1v) is 6.29. The van der Waals surface area contributed by atoms with Gasteiger partial charge in [-0.25, -0.2) is 4.98 Å². The van der Waals surface area contributed by atoms with Gasteiger partial charge in [0.25, 0.3) is 0 Å². The van der Waals surface area contributed by atoms with E-state index in [9.17, 15) is 4.79 Å². The molecule has 6 heteroatoms. The smallest absolute Gasteiger partial charge is 0.244 e. The number of amides is 1. The molecule has 0 fully saturated rings. The van der Waals surface area contributed by atoms with Crippen LogP contribution in [0.4, 0.5) is 17.2 Å². The fourth-order valence-electron chi connectivity index (χ4n) is 2.13. The van der Waals surface area contributed by atoms with Crippen molar-refractivity contribution in [2.75, 3.05) is 16.8 Å². The molecule has 0 radical (unpaired) electrons. The van der Waals surface area contributed by atoms with E-state index >= 15 is 0 Å². The minimum Gasteiger partial charge on any atom is -0.323 e. The third-order valence-corrected chi connectivity index (χ3v) is 3.39. The van der Waals surface area contributed by atoms with Gasteiger partial charge in [0, 0.05) is 6.20 Å². The maximum atomic E-state index is 11.8. The van der Waals surface area contributed by atoms with E-state index in [1.165, 1.54) is 6.20 Å². The predicted molar refractivity (Wildman–Crippen MR) is 76.0 cm³/mol. The van der Waals surface area contributed by atoms with Crippen molar-refractivity contribution in [1.29, 1.82) is 5.26 Å². The van der Waals surface area contributed by atoms with E-state index in [0.717, 1.165) is 5.69 Å². The second kappa shape index (κ2) is 4.83. The summed E-state index contributed by atoms with van der Waals surface area (Å²) in [7, 11) is 0. The minimum atomic E-state index is -0.149. The zero-order valence-corrected chi connectivity index (χ0v) is 11.1. The summed E-state index contributed by atoms with van der Waals surface area (Å²) in [5.41, 5.74) is 1.83. The maximum Gasteiger partial charge on any atom is 0.244 e. The van der Waals surface area contributed by atoms with Crippen LogP contribution in [-0.4, -0.2) is 17.4 Å². The Balaban J connectivity index is 2.16. The highest BCUT2D eigenvalue weighted by Crippen LogP contribution is 2.37. The molecule has 1 N–H and O–H groups in total. The summed E-state index contributed by atoms with van der Waals surface area (Å²) in [4.78, 5) is 17.7. The van der Waals surface area contributed by atoms with Gasteiger partial charge in [-0.15, -0.1) is 0 Å². The summed E-state index contributed by atoms with van der Waals surface area (Å²) in [6, 6.07) is 10.9. The number of benzene rings is 1. The standard InChI is InChI=1S/C14H9ClN4O/c15-13-9(7-16)5-6-17-14(13)19-8-12(20)18-10-3-1-2-4-11(10)19/h1-6H,8H2,(H,18,20). The Kier molecular flexibility index (Phi) is 3.01. The maximum absolute atomic E-state index is 11.8. The van der Waals surface area contributed by atoms with Gasteiger partial charge in [-0.1, -0.05) is 23.7 Å². The lowest BCUT2D eigenvalue weighted by Gasteiger charge is -2.30. The SMILES string of the molecule is N#Cc1ccnc(N2CC(=O)Nc3ccccc32)c1Cl. The monoisotopic (exact) mass is 284 g/mol. The van der Waals surface area contributed by atoms with Crippen LogP contribution in [0.1, 0.15) is 5.56 Å². The Bertz CT molecular complexity index is 738. The number of anilines is 3. The number of halogens is 1. The molecule has 0 saturated heterocycles. The summed E-state index contributed by atoms with van der Waals surface area (Å²) in [6.45, 7) is 0.110. The number of pyridine rings is 1. The van der Waals surface area contributed by atoms with Crippen molar-refractivity contribution in [2.24, 2.45) is 0 Å². The zero-order valence-electron chi connectivity index (χ0n) is 10.3. The third-order valence-electron chi connectivity index (χ3n) is 3.02. The van der Waals surface area contributed by atoms with E-state index in [0.29, 0.717) is 17.1 Å². The van der Waals surface area contributed by atoms with Crippen LogP contribution in [-0.2, 0) is 4.79 Å². The van der Waals surface area contributed by atoms with Gasteiger partial charge in [-0.3, -0.25) is 4.79 Å². The summed E-state index contributed by atoms with van der Waals surface area (Å²) in [5.74, 6) is 0.261. The van der Waals surface area contributed by atoms with Crippen LogP contribution in [0.2, 0.25) is 5.02 Å². The van der Waals surface area contributed by atoms with Crippen LogP contribution in [0.5, 0.6) is 0 Å². The molecular weight excluding hydrogens is 276 g/mol. The first kappa shape index (κ1) is 12.5. The quantitative estimate of drug-likeness (QED) is 0.874. The number of aromatic nitrogens is 1. The molecule has 0 aliphatic carbocycles.